The molecule has 106 valence electrons. The molecule has 2 fully saturated rings. The smallest absolute Gasteiger partial charge is 0.243 e. The summed E-state index contributed by atoms with van der Waals surface area (Å²) in [5.41, 5.74) is 0.754. The van der Waals surface area contributed by atoms with Crippen LogP contribution >= 0.6 is 0 Å². The first-order valence-electron chi connectivity index (χ1n) is 6.90. The maximum atomic E-state index is 12.5. The minimum absolute atomic E-state index is 0.0950. The summed E-state index contributed by atoms with van der Waals surface area (Å²) in [6.07, 6.45) is 4.69. The van der Waals surface area contributed by atoms with Crippen LogP contribution in [0.2, 0.25) is 0 Å². The summed E-state index contributed by atoms with van der Waals surface area (Å²) in [7, 11) is -3.56. The molecular formula is C13H15N3O3S. The third-order valence-electron chi connectivity index (χ3n) is 4.49. The van der Waals surface area contributed by atoms with Crippen LogP contribution in [0.4, 0.5) is 0 Å². The van der Waals surface area contributed by atoms with Crippen molar-refractivity contribution in [2.24, 2.45) is 11.8 Å². The molecule has 2 aliphatic rings. The van der Waals surface area contributed by atoms with Crippen molar-refractivity contribution in [2.45, 2.75) is 36.6 Å². The van der Waals surface area contributed by atoms with Gasteiger partial charge in [0, 0.05) is 6.04 Å². The van der Waals surface area contributed by atoms with Crippen LogP contribution in [0.25, 0.3) is 11.0 Å². The molecule has 2 saturated carbocycles. The summed E-state index contributed by atoms with van der Waals surface area (Å²) < 4.78 is 32.5. The van der Waals surface area contributed by atoms with E-state index in [0.717, 1.165) is 12.8 Å². The standard InChI is InChI=1S/C13H15N3O3S/c17-20(18,16-12-8-4-1-2-5-9(8)12)11-7-3-6-10-13(11)15-19-14-10/h3,6-9,12,16H,1-2,4-5H2/t8-,9-/m1/s1. The Kier molecular flexibility index (Phi) is 2.62. The highest BCUT2D eigenvalue weighted by atomic mass is 32.2. The van der Waals surface area contributed by atoms with Gasteiger partial charge in [0.05, 0.1) is 0 Å². The Morgan fingerprint density at radius 2 is 1.90 bits per heavy atom. The monoisotopic (exact) mass is 293 g/mol. The van der Waals surface area contributed by atoms with Gasteiger partial charge < -0.3 is 0 Å². The molecule has 4 rings (SSSR count). The van der Waals surface area contributed by atoms with E-state index in [9.17, 15) is 8.42 Å². The number of hydrogen-bond donors (Lipinski definition) is 1. The van der Waals surface area contributed by atoms with E-state index in [1.54, 1.807) is 18.2 Å². The van der Waals surface area contributed by atoms with Crippen LogP contribution in [0.15, 0.2) is 27.7 Å². The average molecular weight is 293 g/mol. The van der Waals surface area contributed by atoms with Crippen LogP contribution in [0, 0.1) is 11.8 Å². The maximum Gasteiger partial charge on any atom is 0.243 e. The van der Waals surface area contributed by atoms with Crippen LogP contribution in [0.3, 0.4) is 0 Å². The van der Waals surface area contributed by atoms with Crippen molar-refractivity contribution in [1.29, 1.82) is 0 Å². The first-order valence-corrected chi connectivity index (χ1v) is 8.39. The van der Waals surface area contributed by atoms with Gasteiger partial charge in [-0.25, -0.2) is 17.8 Å². The molecule has 0 radical (unpaired) electrons. The van der Waals surface area contributed by atoms with Gasteiger partial charge in [0.2, 0.25) is 10.0 Å². The molecule has 7 heteroatoms. The van der Waals surface area contributed by atoms with Crippen LogP contribution in [0.1, 0.15) is 25.7 Å². The van der Waals surface area contributed by atoms with Gasteiger partial charge >= 0.3 is 0 Å². The van der Waals surface area contributed by atoms with Gasteiger partial charge in [-0.05, 0) is 47.1 Å². The van der Waals surface area contributed by atoms with Gasteiger partial charge in [-0.1, -0.05) is 18.9 Å². The highest BCUT2D eigenvalue weighted by Crippen LogP contribution is 2.50. The summed E-state index contributed by atoms with van der Waals surface area (Å²) in [6.45, 7) is 0. The van der Waals surface area contributed by atoms with Crippen LogP contribution in [-0.4, -0.2) is 24.8 Å². The highest BCUT2D eigenvalue weighted by Gasteiger charge is 2.52. The molecule has 2 aliphatic carbocycles. The minimum Gasteiger partial charge on any atom is -0.243 e. The Hall–Kier alpha value is -1.47. The molecule has 2 aromatic rings. The predicted octanol–water partition coefficient (Wildman–Crippen LogP) is 1.69. The lowest BCUT2D eigenvalue weighted by Crippen LogP contribution is -2.28. The van der Waals surface area contributed by atoms with Gasteiger partial charge in [0.15, 0.2) is 5.52 Å². The number of sulfonamides is 1. The van der Waals surface area contributed by atoms with Crippen molar-refractivity contribution in [2.75, 3.05) is 0 Å². The van der Waals surface area contributed by atoms with Crippen molar-refractivity contribution < 1.29 is 13.0 Å². The van der Waals surface area contributed by atoms with Crippen molar-refractivity contribution in [3.8, 4) is 0 Å². The van der Waals surface area contributed by atoms with Gasteiger partial charge in [-0.3, -0.25) is 0 Å². The SMILES string of the molecule is O=S(=O)(NC1[C@@H]2CCCC[C@@H]12)c1cccc2nonc12. The van der Waals surface area contributed by atoms with Gasteiger partial charge in [0.25, 0.3) is 0 Å². The van der Waals surface area contributed by atoms with E-state index in [1.807, 2.05) is 0 Å². The number of nitrogens with zero attached hydrogens (tertiary/aromatic N) is 2. The molecule has 6 nitrogen and oxygen atoms in total. The molecule has 2 atom stereocenters. The summed E-state index contributed by atoms with van der Waals surface area (Å²) in [5.74, 6) is 1.04. The van der Waals surface area contributed by atoms with E-state index < -0.39 is 10.0 Å². The quantitative estimate of drug-likeness (QED) is 0.930. The Balaban J connectivity index is 1.65. The highest BCUT2D eigenvalue weighted by molar-refractivity contribution is 7.89. The molecule has 1 aromatic heterocycles. The lowest BCUT2D eigenvalue weighted by atomic mass is 10.0. The number of hydrogen-bond acceptors (Lipinski definition) is 5. The van der Waals surface area contributed by atoms with Gasteiger partial charge in [0.1, 0.15) is 10.4 Å². The fraction of sp³-hybridized carbons (Fsp3) is 0.538. The van der Waals surface area contributed by atoms with Gasteiger partial charge in [-0.2, -0.15) is 0 Å². The zero-order chi connectivity index (χ0) is 13.7. The van der Waals surface area contributed by atoms with E-state index in [-0.39, 0.29) is 10.9 Å². The molecule has 20 heavy (non-hydrogen) atoms. The number of aromatic nitrogens is 2. The second kappa shape index (κ2) is 4.26. The zero-order valence-electron chi connectivity index (χ0n) is 10.8. The molecule has 0 bridgehead atoms. The second-order valence-electron chi connectivity index (χ2n) is 5.65. The van der Waals surface area contributed by atoms with Gasteiger partial charge in [-0.15, -0.1) is 0 Å². The third kappa shape index (κ3) is 1.84. The summed E-state index contributed by atoms with van der Waals surface area (Å²) in [4.78, 5) is 0.153. The van der Waals surface area contributed by atoms with Crippen LogP contribution < -0.4 is 4.72 Å². The summed E-state index contributed by atoms with van der Waals surface area (Å²) in [5, 5.41) is 7.38. The van der Waals surface area contributed by atoms with Crippen molar-refractivity contribution in [3.63, 3.8) is 0 Å². The predicted molar refractivity (Wildman–Crippen MR) is 71.4 cm³/mol. The molecular weight excluding hydrogens is 278 g/mol. The zero-order valence-corrected chi connectivity index (χ0v) is 11.6. The Morgan fingerprint density at radius 3 is 2.65 bits per heavy atom. The molecule has 0 saturated heterocycles. The first-order chi connectivity index (χ1) is 9.67. The largest absolute Gasteiger partial charge is 0.243 e. The molecule has 1 heterocycles. The summed E-state index contributed by atoms with van der Waals surface area (Å²) in [6, 6.07) is 4.97. The topological polar surface area (TPSA) is 85.1 Å². The number of nitrogens with one attached hydrogen (secondary N) is 1. The average Bonchev–Trinajstić information content (AvgIpc) is 2.92. The van der Waals surface area contributed by atoms with Crippen molar-refractivity contribution in [1.82, 2.24) is 15.0 Å². The third-order valence-corrected chi connectivity index (χ3v) is 5.98. The molecule has 0 spiro atoms. The molecule has 0 unspecified atom stereocenters. The van der Waals surface area contributed by atoms with E-state index in [4.69, 9.17) is 0 Å². The molecule has 1 aromatic carbocycles. The fourth-order valence-electron chi connectivity index (χ4n) is 3.41. The summed E-state index contributed by atoms with van der Waals surface area (Å²) >= 11 is 0. The number of benzene rings is 1. The maximum absolute atomic E-state index is 12.5. The van der Waals surface area contributed by atoms with Crippen molar-refractivity contribution in [3.05, 3.63) is 18.2 Å². The first kappa shape index (κ1) is 12.3. The van der Waals surface area contributed by atoms with Crippen LogP contribution in [-0.2, 0) is 10.0 Å². The van der Waals surface area contributed by atoms with Crippen molar-refractivity contribution >= 4 is 21.1 Å². The van der Waals surface area contributed by atoms with E-state index >= 15 is 0 Å². The Labute approximate surface area is 116 Å². The molecule has 0 aliphatic heterocycles. The Morgan fingerprint density at radius 1 is 1.15 bits per heavy atom. The van der Waals surface area contributed by atoms with Crippen LogP contribution in [0.5, 0.6) is 0 Å². The lowest BCUT2D eigenvalue weighted by Gasteiger charge is -2.06. The Bertz CT molecular complexity index is 743. The number of rotatable bonds is 3. The fourth-order valence-corrected chi connectivity index (χ4v) is 4.90. The lowest BCUT2D eigenvalue weighted by molar-refractivity contribution is 0.315. The van der Waals surface area contributed by atoms with E-state index in [0.29, 0.717) is 22.9 Å². The van der Waals surface area contributed by atoms with E-state index in [1.165, 1.54) is 12.8 Å². The number of fused-ring (bicyclic) bond motifs is 2. The van der Waals surface area contributed by atoms with E-state index in [2.05, 4.69) is 19.7 Å². The molecule has 1 N–H and O–H groups in total. The molecule has 0 amide bonds. The minimum atomic E-state index is -3.56. The normalized spacial score (nSPS) is 29.3. The second-order valence-corrected chi connectivity index (χ2v) is 7.33.